The van der Waals surface area contributed by atoms with Gasteiger partial charge in [0.05, 0.1) is 6.04 Å². The Bertz CT molecular complexity index is 455. The van der Waals surface area contributed by atoms with Crippen LogP contribution < -0.4 is 10.6 Å². The summed E-state index contributed by atoms with van der Waals surface area (Å²) < 4.78 is 1.04. The summed E-state index contributed by atoms with van der Waals surface area (Å²) in [6.07, 6.45) is 1.81. The van der Waals surface area contributed by atoms with Crippen LogP contribution in [0.1, 0.15) is 38.3 Å². The first-order valence-electron chi connectivity index (χ1n) is 6.78. The Morgan fingerprint density at radius 3 is 2.74 bits per heavy atom. The summed E-state index contributed by atoms with van der Waals surface area (Å²) >= 11 is 3.46. The molecule has 0 bridgehead atoms. The maximum atomic E-state index is 12.4. The molecular weight excluding hydrogens is 304 g/mol. The first-order valence-corrected chi connectivity index (χ1v) is 7.58. The van der Waals surface area contributed by atoms with Gasteiger partial charge in [-0.2, -0.15) is 0 Å². The Labute approximate surface area is 123 Å². The lowest BCUT2D eigenvalue weighted by molar-refractivity contribution is -0.132. The molecule has 1 saturated heterocycles. The molecule has 0 radical (unpaired) electrons. The maximum Gasteiger partial charge on any atom is 0.226 e. The second-order valence-corrected chi connectivity index (χ2v) is 6.48. The Morgan fingerprint density at radius 2 is 2.11 bits per heavy atom. The summed E-state index contributed by atoms with van der Waals surface area (Å²) in [7, 11) is 0. The summed E-state index contributed by atoms with van der Waals surface area (Å²) in [6, 6.07) is 8.12. The van der Waals surface area contributed by atoms with Crippen LogP contribution in [0.25, 0.3) is 0 Å². The first kappa shape index (κ1) is 14.5. The van der Waals surface area contributed by atoms with Crippen LogP contribution in [-0.2, 0) is 4.79 Å². The van der Waals surface area contributed by atoms with Crippen molar-refractivity contribution >= 4 is 21.8 Å². The average Bonchev–Trinajstić information content (AvgIpc) is 2.39. The summed E-state index contributed by atoms with van der Waals surface area (Å²) in [5.74, 6) is 0.168. The molecule has 1 aliphatic rings. The van der Waals surface area contributed by atoms with Gasteiger partial charge < -0.3 is 10.6 Å². The Balaban J connectivity index is 2.02. The van der Waals surface area contributed by atoms with Gasteiger partial charge in [-0.15, -0.1) is 0 Å². The number of nitrogens with one attached hydrogen (secondary N) is 2. The molecule has 3 nitrogen and oxygen atoms in total. The van der Waals surface area contributed by atoms with Crippen molar-refractivity contribution in [2.24, 2.45) is 5.41 Å². The average molecular weight is 325 g/mol. The van der Waals surface area contributed by atoms with Gasteiger partial charge in [0.15, 0.2) is 0 Å². The molecule has 104 valence electrons. The molecule has 0 unspecified atom stereocenters. The van der Waals surface area contributed by atoms with Crippen molar-refractivity contribution < 1.29 is 4.79 Å². The normalized spacial score (nSPS) is 19.7. The van der Waals surface area contributed by atoms with Gasteiger partial charge in [0.2, 0.25) is 5.91 Å². The minimum atomic E-state index is -0.231. The van der Waals surface area contributed by atoms with Gasteiger partial charge in [-0.1, -0.05) is 35.0 Å². The fourth-order valence-electron chi connectivity index (χ4n) is 2.44. The van der Waals surface area contributed by atoms with Crippen molar-refractivity contribution in [3.05, 3.63) is 34.3 Å². The largest absolute Gasteiger partial charge is 0.349 e. The third-order valence-corrected chi connectivity index (χ3v) is 4.44. The van der Waals surface area contributed by atoms with Crippen molar-refractivity contribution in [2.75, 3.05) is 13.1 Å². The molecule has 19 heavy (non-hydrogen) atoms. The highest BCUT2D eigenvalue weighted by molar-refractivity contribution is 9.10. The van der Waals surface area contributed by atoms with E-state index in [-0.39, 0.29) is 17.4 Å². The Kier molecular flexibility index (Phi) is 4.63. The molecular formula is C15H21BrN2O. The molecule has 0 aliphatic carbocycles. The Morgan fingerprint density at radius 1 is 1.42 bits per heavy atom. The number of carbonyl (C=O) groups excluding carboxylic acids is 1. The lowest BCUT2D eigenvalue weighted by Gasteiger charge is -2.33. The van der Waals surface area contributed by atoms with Gasteiger partial charge in [0.1, 0.15) is 0 Å². The van der Waals surface area contributed by atoms with Crippen molar-refractivity contribution in [2.45, 2.75) is 32.7 Å². The number of halogens is 1. The number of hydrogen-bond acceptors (Lipinski definition) is 2. The predicted molar refractivity (Wildman–Crippen MR) is 80.9 cm³/mol. The Hall–Kier alpha value is -0.870. The van der Waals surface area contributed by atoms with E-state index in [2.05, 4.69) is 39.6 Å². The smallest absolute Gasteiger partial charge is 0.226 e. The third kappa shape index (κ3) is 3.57. The monoisotopic (exact) mass is 324 g/mol. The number of piperidine rings is 1. The zero-order chi connectivity index (χ0) is 13.9. The van der Waals surface area contributed by atoms with Crippen LogP contribution in [0.4, 0.5) is 0 Å². The second kappa shape index (κ2) is 6.06. The van der Waals surface area contributed by atoms with E-state index in [1.807, 2.05) is 25.1 Å². The first-order chi connectivity index (χ1) is 9.01. The van der Waals surface area contributed by atoms with Crippen LogP contribution in [0.2, 0.25) is 0 Å². The molecule has 0 saturated carbocycles. The quantitative estimate of drug-likeness (QED) is 0.897. The molecule has 1 aromatic carbocycles. The maximum absolute atomic E-state index is 12.4. The van der Waals surface area contributed by atoms with Crippen molar-refractivity contribution in [3.63, 3.8) is 0 Å². The second-order valence-electron chi connectivity index (χ2n) is 5.56. The summed E-state index contributed by atoms with van der Waals surface area (Å²) in [6.45, 7) is 5.95. The number of benzene rings is 1. The van der Waals surface area contributed by atoms with Crippen LogP contribution in [0, 0.1) is 5.41 Å². The summed E-state index contributed by atoms with van der Waals surface area (Å²) in [4.78, 5) is 12.4. The van der Waals surface area contributed by atoms with E-state index in [1.54, 1.807) is 0 Å². The van der Waals surface area contributed by atoms with E-state index in [4.69, 9.17) is 0 Å². The molecule has 1 amide bonds. The standard InChI is InChI=1S/C15H21BrN2O/c1-11(12-4-3-5-13(16)10-12)18-14(19)15(2)6-8-17-9-7-15/h3-5,10-11,17H,6-9H2,1-2H3,(H,18,19)/t11-/m1/s1. The van der Waals surface area contributed by atoms with Gasteiger partial charge in [0.25, 0.3) is 0 Å². The van der Waals surface area contributed by atoms with Gasteiger partial charge in [-0.05, 0) is 50.6 Å². The molecule has 1 atom stereocenters. The zero-order valence-electron chi connectivity index (χ0n) is 11.5. The third-order valence-electron chi connectivity index (χ3n) is 3.95. The van der Waals surface area contributed by atoms with E-state index >= 15 is 0 Å². The molecule has 1 aromatic rings. The van der Waals surface area contributed by atoms with Gasteiger partial charge in [-0.3, -0.25) is 4.79 Å². The van der Waals surface area contributed by atoms with Crippen LogP contribution >= 0.6 is 15.9 Å². The molecule has 2 N–H and O–H groups in total. The van der Waals surface area contributed by atoms with Crippen molar-refractivity contribution in [1.29, 1.82) is 0 Å². The molecule has 2 rings (SSSR count). The molecule has 1 heterocycles. The topological polar surface area (TPSA) is 41.1 Å². The highest BCUT2D eigenvalue weighted by Crippen LogP contribution is 2.29. The van der Waals surface area contributed by atoms with Crippen LogP contribution in [0.15, 0.2) is 28.7 Å². The summed E-state index contributed by atoms with van der Waals surface area (Å²) in [5.41, 5.74) is 0.895. The lowest BCUT2D eigenvalue weighted by Crippen LogP contribution is -2.46. The molecule has 1 fully saturated rings. The van der Waals surface area contributed by atoms with E-state index in [1.165, 1.54) is 0 Å². The zero-order valence-corrected chi connectivity index (χ0v) is 13.1. The van der Waals surface area contributed by atoms with E-state index in [0.29, 0.717) is 0 Å². The van der Waals surface area contributed by atoms with Crippen LogP contribution in [0.3, 0.4) is 0 Å². The minimum absolute atomic E-state index is 0.0386. The minimum Gasteiger partial charge on any atom is -0.349 e. The lowest BCUT2D eigenvalue weighted by atomic mass is 9.80. The fraction of sp³-hybridized carbons (Fsp3) is 0.533. The van der Waals surface area contributed by atoms with Crippen LogP contribution in [-0.4, -0.2) is 19.0 Å². The number of rotatable bonds is 3. The SMILES string of the molecule is C[C@@H](NC(=O)C1(C)CCNCC1)c1cccc(Br)c1. The molecule has 1 aliphatic heterocycles. The van der Waals surface area contributed by atoms with Gasteiger partial charge in [0, 0.05) is 9.89 Å². The fourth-order valence-corrected chi connectivity index (χ4v) is 2.85. The van der Waals surface area contributed by atoms with Gasteiger partial charge in [-0.25, -0.2) is 0 Å². The highest BCUT2D eigenvalue weighted by Gasteiger charge is 2.35. The van der Waals surface area contributed by atoms with Crippen molar-refractivity contribution in [1.82, 2.24) is 10.6 Å². The molecule has 4 heteroatoms. The summed E-state index contributed by atoms with van der Waals surface area (Å²) in [5, 5.41) is 6.45. The van der Waals surface area contributed by atoms with E-state index < -0.39 is 0 Å². The predicted octanol–water partition coefficient (Wildman–Crippen LogP) is 3.02. The highest BCUT2D eigenvalue weighted by atomic mass is 79.9. The van der Waals surface area contributed by atoms with E-state index in [0.717, 1.165) is 36.0 Å². The molecule has 0 spiro atoms. The number of amides is 1. The number of carbonyl (C=O) groups is 1. The number of hydrogen-bond donors (Lipinski definition) is 2. The van der Waals surface area contributed by atoms with Crippen molar-refractivity contribution in [3.8, 4) is 0 Å². The van der Waals surface area contributed by atoms with Crippen LogP contribution in [0.5, 0.6) is 0 Å². The van der Waals surface area contributed by atoms with Gasteiger partial charge >= 0.3 is 0 Å². The molecule has 0 aromatic heterocycles. The van der Waals surface area contributed by atoms with E-state index in [9.17, 15) is 4.79 Å².